The summed E-state index contributed by atoms with van der Waals surface area (Å²) in [6.07, 6.45) is 1.64. The molecule has 0 aliphatic rings. The number of hydrogen-bond donors (Lipinski definition) is 0. The van der Waals surface area contributed by atoms with Crippen molar-refractivity contribution in [2.75, 3.05) is 6.54 Å². The first kappa shape index (κ1) is 16.3. The third-order valence-corrected chi connectivity index (χ3v) is 4.36. The first-order valence-corrected chi connectivity index (χ1v) is 7.92. The molecule has 2 aromatic heterocycles. The second kappa shape index (κ2) is 7.27. The SMILES string of the molecule is C=CCN(Cc1ccc(Cl)s1)C(=O)c1nc(Cl)ccc1Cl. The molecule has 2 aromatic rings. The molecule has 0 aliphatic heterocycles. The van der Waals surface area contributed by atoms with Gasteiger partial charge in [-0.25, -0.2) is 4.98 Å². The maximum atomic E-state index is 12.6. The molecular formula is C14H11Cl3N2OS. The summed E-state index contributed by atoms with van der Waals surface area (Å²) < 4.78 is 0.676. The van der Waals surface area contributed by atoms with Crippen molar-refractivity contribution < 1.29 is 4.79 Å². The molecule has 0 saturated heterocycles. The number of carbonyl (C=O) groups is 1. The molecule has 1 amide bonds. The summed E-state index contributed by atoms with van der Waals surface area (Å²) in [5.74, 6) is -0.299. The van der Waals surface area contributed by atoms with Gasteiger partial charge in [0.1, 0.15) is 10.8 Å². The Kier molecular flexibility index (Phi) is 5.65. The number of rotatable bonds is 5. The van der Waals surface area contributed by atoms with Gasteiger partial charge in [0.2, 0.25) is 0 Å². The maximum Gasteiger partial charge on any atom is 0.274 e. The molecule has 0 aliphatic carbocycles. The second-order valence-corrected chi connectivity index (χ2v) is 6.74. The molecule has 7 heteroatoms. The normalized spacial score (nSPS) is 10.4. The van der Waals surface area contributed by atoms with Crippen LogP contribution in [-0.2, 0) is 6.54 Å². The Hall–Kier alpha value is -1.07. The first-order valence-electron chi connectivity index (χ1n) is 5.97. The monoisotopic (exact) mass is 360 g/mol. The van der Waals surface area contributed by atoms with Crippen molar-refractivity contribution in [2.45, 2.75) is 6.54 Å². The molecule has 0 aromatic carbocycles. The van der Waals surface area contributed by atoms with Crippen molar-refractivity contribution in [1.29, 1.82) is 0 Å². The minimum absolute atomic E-state index is 0.133. The number of carbonyl (C=O) groups excluding carboxylic acids is 1. The molecule has 0 saturated carbocycles. The average molecular weight is 362 g/mol. The standard InChI is InChI=1S/C14H11Cl3N2OS/c1-2-7-19(8-9-3-6-12(17)21-9)14(20)13-10(15)4-5-11(16)18-13/h2-6H,1,7-8H2. The van der Waals surface area contributed by atoms with Crippen LogP contribution >= 0.6 is 46.1 Å². The quantitative estimate of drug-likeness (QED) is 0.558. The smallest absolute Gasteiger partial charge is 0.274 e. The molecule has 110 valence electrons. The predicted octanol–water partition coefficient (Wildman–Crippen LogP) is 4.93. The summed E-state index contributed by atoms with van der Waals surface area (Å²) in [7, 11) is 0. The number of amides is 1. The molecule has 2 heterocycles. The van der Waals surface area contributed by atoms with E-state index in [0.717, 1.165) is 4.88 Å². The molecule has 2 rings (SSSR count). The van der Waals surface area contributed by atoms with Gasteiger partial charge in [0, 0.05) is 11.4 Å². The van der Waals surface area contributed by atoms with E-state index in [1.807, 2.05) is 6.07 Å². The summed E-state index contributed by atoms with van der Waals surface area (Å²) in [6.45, 7) is 4.45. The van der Waals surface area contributed by atoms with Gasteiger partial charge in [-0.2, -0.15) is 0 Å². The fourth-order valence-corrected chi connectivity index (χ4v) is 3.15. The van der Waals surface area contributed by atoms with Gasteiger partial charge in [-0.1, -0.05) is 40.9 Å². The Labute approximate surface area is 141 Å². The Balaban J connectivity index is 2.26. The van der Waals surface area contributed by atoms with E-state index in [0.29, 0.717) is 17.4 Å². The highest BCUT2D eigenvalue weighted by Crippen LogP contribution is 2.24. The summed E-state index contributed by atoms with van der Waals surface area (Å²) >= 11 is 19.2. The number of hydrogen-bond acceptors (Lipinski definition) is 3. The highest BCUT2D eigenvalue weighted by atomic mass is 35.5. The van der Waals surface area contributed by atoms with Crippen molar-refractivity contribution in [3.8, 4) is 0 Å². The third kappa shape index (κ3) is 4.20. The maximum absolute atomic E-state index is 12.6. The minimum Gasteiger partial charge on any atom is -0.328 e. The van der Waals surface area contributed by atoms with Crippen LogP contribution in [0.5, 0.6) is 0 Å². The van der Waals surface area contributed by atoms with Crippen molar-refractivity contribution in [2.24, 2.45) is 0 Å². The number of halogens is 3. The largest absolute Gasteiger partial charge is 0.328 e. The zero-order valence-corrected chi connectivity index (χ0v) is 13.9. The van der Waals surface area contributed by atoms with E-state index in [9.17, 15) is 4.79 Å². The van der Waals surface area contributed by atoms with Crippen LogP contribution in [0.4, 0.5) is 0 Å². The molecule has 0 unspecified atom stereocenters. The highest BCUT2D eigenvalue weighted by molar-refractivity contribution is 7.16. The molecule has 0 radical (unpaired) electrons. The molecule has 0 atom stereocenters. The van der Waals surface area contributed by atoms with Crippen LogP contribution in [0, 0.1) is 0 Å². The molecule has 0 spiro atoms. The zero-order valence-electron chi connectivity index (χ0n) is 10.9. The minimum atomic E-state index is -0.299. The van der Waals surface area contributed by atoms with Crippen molar-refractivity contribution in [3.05, 3.63) is 62.0 Å². The summed E-state index contributed by atoms with van der Waals surface area (Å²) in [5, 5.41) is 0.489. The van der Waals surface area contributed by atoms with E-state index < -0.39 is 0 Å². The molecule has 0 bridgehead atoms. The van der Waals surface area contributed by atoms with Gasteiger partial charge in [0.05, 0.1) is 15.9 Å². The van der Waals surface area contributed by atoms with Crippen molar-refractivity contribution in [3.63, 3.8) is 0 Å². The lowest BCUT2D eigenvalue weighted by Gasteiger charge is -2.20. The predicted molar refractivity (Wildman–Crippen MR) is 88.5 cm³/mol. The van der Waals surface area contributed by atoms with E-state index in [4.69, 9.17) is 34.8 Å². The van der Waals surface area contributed by atoms with E-state index in [2.05, 4.69) is 11.6 Å². The first-order chi connectivity index (χ1) is 10.0. The Morgan fingerprint density at radius 1 is 1.29 bits per heavy atom. The fraction of sp³-hybridized carbons (Fsp3) is 0.143. The fourth-order valence-electron chi connectivity index (χ4n) is 1.72. The van der Waals surface area contributed by atoms with E-state index >= 15 is 0 Å². The topological polar surface area (TPSA) is 33.2 Å². The highest BCUT2D eigenvalue weighted by Gasteiger charge is 2.20. The Morgan fingerprint density at radius 2 is 2.05 bits per heavy atom. The van der Waals surface area contributed by atoms with Gasteiger partial charge in [-0.3, -0.25) is 4.79 Å². The van der Waals surface area contributed by atoms with Crippen LogP contribution in [0.2, 0.25) is 14.5 Å². The summed E-state index contributed by atoms with van der Waals surface area (Å²) in [4.78, 5) is 19.1. The van der Waals surface area contributed by atoms with Gasteiger partial charge in [-0.15, -0.1) is 17.9 Å². The van der Waals surface area contributed by atoms with Crippen molar-refractivity contribution >= 4 is 52.0 Å². The summed E-state index contributed by atoms with van der Waals surface area (Å²) in [6, 6.07) is 6.77. The van der Waals surface area contributed by atoms with Gasteiger partial charge >= 0.3 is 0 Å². The van der Waals surface area contributed by atoms with E-state index in [1.54, 1.807) is 23.1 Å². The molecule has 0 fully saturated rings. The van der Waals surface area contributed by atoms with Gasteiger partial charge in [-0.05, 0) is 24.3 Å². The molecule has 3 nitrogen and oxygen atoms in total. The number of nitrogens with zero attached hydrogens (tertiary/aromatic N) is 2. The van der Waals surface area contributed by atoms with E-state index in [-0.39, 0.29) is 21.8 Å². The van der Waals surface area contributed by atoms with Gasteiger partial charge < -0.3 is 4.90 Å². The number of thiophene rings is 1. The Morgan fingerprint density at radius 3 is 2.67 bits per heavy atom. The number of aromatic nitrogens is 1. The van der Waals surface area contributed by atoms with Crippen LogP contribution in [0.15, 0.2) is 36.9 Å². The second-order valence-electron chi connectivity index (χ2n) is 4.14. The lowest BCUT2D eigenvalue weighted by molar-refractivity contribution is 0.0758. The van der Waals surface area contributed by atoms with Crippen molar-refractivity contribution in [1.82, 2.24) is 9.88 Å². The molecule has 21 heavy (non-hydrogen) atoms. The lowest BCUT2D eigenvalue weighted by atomic mass is 10.3. The molecule has 0 N–H and O–H groups in total. The third-order valence-electron chi connectivity index (χ3n) is 2.63. The van der Waals surface area contributed by atoms with Gasteiger partial charge in [0.25, 0.3) is 5.91 Å². The Bertz CT molecular complexity index is 672. The zero-order chi connectivity index (χ0) is 15.4. The average Bonchev–Trinajstić information content (AvgIpc) is 2.86. The lowest BCUT2D eigenvalue weighted by Crippen LogP contribution is -2.31. The van der Waals surface area contributed by atoms with Crippen LogP contribution in [0.25, 0.3) is 0 Å². The van der Waals surface area contributed by atoms with Crippen LogP contribution < -0.4 is 0 Å². The van der Waals surface area contributed by atoms with Crippen LogP contribution in [0.1, 0.15) is 15.4 Å². The molecular weight excluding hydrogens is 351 g/mol. The van der Waals surface area contributed by atoms with E-state index in [1.165, 1.54) is 17.4 Å². The number of pyridine rings is 1. The van der Waals surface area contributed by atoms with Crippen LogP contribution in [0.3, 0.4) is 0 Å². The van der Waals surface area contributed by atoms with Crippen LogP contribution in [-0.4, -0.2) is 22.3 Å². The summed E-state index contributed by atoms with van der Waals surface area (Å²) in [5.41, 5.74) is 0.133. The van der Waals surface area contributed by atoms with Gasteiger partial charge in [0.15, 0.2) is 0 Å².